The highest BCUT2D eigenvalue weighted by atomic mass is 35.5. The van der Waals surface area contributed by atoms with E-state index >= 15 is 0 Å². The second-order valence-corrected chi connectivity index (χ2v) is 3.50. The Labute approximate surface area is 101 Å². The number of methoxy groups -OCH3 is 1. The standard InChI is InChI=1S/C11H16FNO2.ClH/c1-3-8(13)4-7-5-9(12)11(14)10(6-7)15-2;/h5-6,8,14H,3-4,13H2,1-2H3;1H. The molecule has 3 N–H and O–H groups in total. The Hall–Kier alpha value is -1.00. The molecule has 1 atom stereocenters. The molecule has 0 aliphatic heterocycles. The lowest BCUT2D eigenvalue weighted by Gasteiger charge is -2.11. The molecule has 16 heavy (non-hydrogen) atoms. The lowest BCUT2D eigenvalue weighted by molar-refractivity contribution is 0.356. The van der Waals surface area contributed by atoms with Crippen LogP contribution in [0, 0.1) is 5.82 Å². The third-order valence-corrected chi connectivity index (χ3v) is 2.33. The van der Waals surface area contributed by atoms with Gasteiger partial charge in [-0.15, -0.1) is 12.4 Å². The number of hydrogen-bond donors (Lipinski definition) is 2. The fourth-order valence-electron chi connectivity index (χ4n) is 1.35. The molecule has 0 saturated heterocycles. The van der Waals surface area contributed by atoms with Crippen LogP contribution >= 0.6 is 12.4 Å². The molecule has 1 aromatic carbocycles. The number of phenols is 1. The monoisotopic (exact) mass is 249 g/mol. The minimum absolute atomic E-state index is 0. The lowest BCUT2D eigenvalue weighted by Crippen LogP contribution is -2.21. The van der Waals surface area contributed by atoms with Gasteiger partial charge in [-0.3, -0.25) is 0 Å². The smallest absolute Gasteiger partial charge is 0.194 e. The molecule has 0 aliphatic rings. The van der Waals surface area contributed by atoms with E-state index in [-0.39, 0.29) is 24.2 Å². The topological polar surface area (TPSA) is 55.5 Å². The molecule has 0 spiro atoms. The van der Waals surface area contributed by atoms with Crippen LogP contribution in [-0.2, 0) is 6.42 Å². The minimum atomic E-state index is -0.673. The zero-order chi connectivity index (χ0) is 11.4. The van der Waals surface area contributed by atoms with E-state index in [1.807, 2.05) is 6.92 Å². The quantitative estimate of drug-likeness (QED) is 0.861. The summed E-state index contributed by atoms with van der Waals surface area (Å²) in [5.41, 5.74) is 6.49. The van der Waals surface area contributed by atoms with Crippen molar-refractivity contribution in [3.05, 3.63) is 23.5 Å². The molecule has 5 heteroatoms. The van der Waals surface area contributed by atoms with Gasteiger partial charge in [0.15, 0.2) is 17.3 Å². The van der Waals surface area contributed by atoms with Gasteiger partial charge in [0.1, 0.15) is 0 Å². The van der Waals surface area contributed by atoms with Gasteiger partial charge < -0.3 is 15.6 Å². The van der Waals surface area contributed by atoms with Gasteiger partial charge in [-0.1, -0.05) is 6.92 Å². The Morgan fingerprint density at radius 1 is 1.50 bits per heavy atom. The number of aromatic hydroxyl groups is 1. The predicted octanol–water partition coefficient (Wildman–Crippen LogP) is 2.24. The summed E-state index contributed by atoms with van der Waals surface area (Å²) in [7, 11) is 1.39. The molecule has 3 nitrogen and oxygen atoms in total. The maximum absolute atomic E-state index is 13.2. The highest BCUT2D eigenvalue weighted by Gasteiger charge is 2.11. The molecule has 1 aromatic rings. The molecule has 0 heterocycles. The number of halogens is 2. The summed E-state index contributed by atoms with van der Waals surface area (Å²) in [5, 5.41) is 9.28. The molecular weight excluding hydrogens is 233 g/mol. The van der Waals surface area contributed by atoms with E-state index in [1.165, 1.54) is 13.2 Å². The average molecular weight is 250 g/mol. The van der Waals surface area contributed by atoms with Crippen molar-refractivity contribution in [2.24, 2.45) is 5.73 Å². The zero-order valence-electron chi connectivity index (χ0n) is 9.37. The maximum Gasteiger partial charge on any atom is 0.194 e. The first-order valence-electron chi connectivity index (χ1n) is 4.89. The van der Waals surface area contributed by atoms with Crippen LogP contribution in [0.2, 0.25) is 0 Å². The van der Waals surface area contributed by atoms with Gasteiger partial charge in [0, 0.05) is 6.04 Å². The molecule has 0 saturated carbocycles. The molecular formula is C11H17ClFNO2. The Morgan fingerprint density at radius 2 is 2.12 bits per heavy atom. The second-order valence-electron chi connectivity index (χ2n) is 3.50. The summed E-state index contributed by atoms with van der Waals surface area (Å²) in [6.45, 7) is 1.97. The summed E-state index contributed by atoms with van der Waals surface area (Å²) >= 11 is 0. The van der Waals surface area contributed by atoms with Crippen molar-refractivity contribution >= 4 is 12.4 Å². The van der Waals surface area contributed by atoms with Crippen LogP contribution in [0.5, 0.6) is 11.5 Å². The SMILES string of the molecule is CCC(N)Cc1cc(F)c(O)c(OC)c1.Cl. The number of rotatable bonds is 4. The van der Waals surface area contributed by atoms with Crippen molar-refractivity contribution in [1.29, 1.82) is 0 Å². The van der Waals surface area contributed by atoms with Crippen molar-refractivity contribution in [3.8, 4) is 11.5 Å². The molecule has 0 aromatic heterocycles. The van der Waals surface area contributed by atoms with Gasteiger partial charge in [-0.2, -0.15) is 0 Å². The van der Waals surface area contributed by atoms with Crippen molar-refractivity contribution < 1.29 is 14.2 Å². The van der Waals surface area contributed by atoms with Crippen LogP contribution < -0.4 is 10.5 Å². The number of hydrogen-bond acceptors (Lipinski definition) is 3. The lowest BCUT2D eigenvalue weighted by atomic mass is 10.0. The molecule has 0 amide bonds. The predicted molar refractivity (Wildman–Crippen MR) is 63.8 cm³/mol. The van der Waals surface area contributed by atoms with Crippen LogP contribution in [-0.4, -0.2) is 18.3 Å². The van der Waals surface area contributed by atoms with Gasteiger partial charge in [-0.05, 0) is 30.5 Å². The van der Waals surface area contributed by atoms with Crippen LogP contribution in [0.1, 0.15) is 18.9 Å². The van der Waals surface area contributed by atoms with E-state index < -0.39 is 11.6 Å². The molecule has 0 aliphatic carbocycles. The van der Waals surface area contributed by atoms with Crippen molar-refractivity contribution in [2.75, 3.05) is 7.11 Å². The molecule has 0 fully saturated rings. The third-order valence-electron chi connectivity index (χ3n) is 2.33. The number of benzene rings is 1. The van der Waals surface area contributed by atoms with Crippen molar-refractivity contribution in [3.63, 3.8) is 0 Å². The fourth-order valence-corrected chi connectivity index (χ4v) is 1.35. The Bertz CT molecular complexity index is 347. The van der Waals surface area contributed by atoms with Crippen LogP contribution in [0.3, 0.4) is 0 Å². The van der Waals surface area contributed by atoms with E-state index in [4.69, 9.17) is 10.5 Å². The third kappa shape index (κ3) is 3.54. The van der Waals surface area contributed by atoms with Crippen LogP contribution in [0.4, 0.5) is 4.39 Å². The normalized spacial score (nSPS) is 11.8. The summed E-state index contributed by atoms with van der Waals surface area (Å²) in [5.74, 6) is -0.979. The van der Waals surface area contributed by atoms with Gasteiger partial charge in [-0.25, -0.2) is 4.39 Å². The minimum Gasteiger partial charge on any atom is -0.502 e. The van der Waals surface area contributed by atoms with Crippen LogP contribution in [0.15, 0.2) is 12.1 Å². The van der Waals surface area contributed by atoms with Gasteiger partial charge >= 0.3 is 0 Å². The summed E-state index contributed by atoms with van der Waals surface area (Å²) in [6.07, 6.45) is 1.40. The first-order valence-corrected chi connectivity index (χ1v) is 4.89. The van der Waals surface area contributed by atoms with Gasteiger partial charge in [0.25, 0.3) is 0 Å². The molecule has 1 unspecified atom stereocenters. The molecule has 0 bridgehead atoms. The van der Waals surface area contributed by atoms with E-state index in [1.54, 1.807) is 6.07 Å². The molecule has 1 rings (SSSR count). The van der Waals surface area contributed by atoms with Crippen molar-refractivity contribution in [2.45, 2.75) is 25.8 Å². The van der Waals surface area contributed by atoms with Gasteiger partial charge in [0.05, 0.1) is 7.11 Å². The summed E-state index contributed by atoms with van der Waals surface area (Å²) < 4.78 is 18.1. The first-order chi connectivity index (χ1) is 7.08. The van der Waals surface area contributed by atoms with E-state index in [0.717, 1.165) is 12.0 Å². The highest BCUT2D eigenvalue weighted by molar-refractivity contribution is 5.85. The number of ether oxygens (including phenoxy) is 1. The Kier molecular flexibility index (Phi) is 6.14. The number of phenolic OH excluding ortho intramolecular Hbond substituents is 1. The molecule has 0 radical (unpaired) electrons. The second kappa shape index (κ2) is 6.55. The largest absolute Gasteiger partial charge is 0.502 e. The summed E-state index contributed by atoms with van der Waals surface area (Å²) in [6, 6.07) is 2.89. The average Bonchev–Trinajstić information content (AvgIpc) is 2.22. The zero-order valence-corrected chi connectivity index (χ0v) is 10.2. The fraction of sp³-hybridized carbons (Fsp3) is 0.455. The Balaban J connectivity index is 0.00000225. The van der Waals surface area contributed by atoms with Crippen molar-refractivity contribution in [1.82, 2.24) is 0 Å². The first kappa shape index (κ1) is 15.0. The van der Waals surface area contributed by atoms with E-state index in [0.29, 0.717) is 6.42 Å². The van der Waals surface area contributed by atoms with E-state index in [2.05, 4.69) is 0 Å². The van der Waals surface area contributed by atoms with Gasteiger partial charge in [0.2, 0.25) is 0 Å². The maximum atomic E-state index is 13.2. The highest BCUT2D eigenvalue weighted by Crippen LogP contribution is 2.30. The Morgan fingerprint density at radius 3 is 2.62 bits per heavy atom. The molecule has 92 valence electrons. The number of nitrogens with two attached hydrogens (primary N) is 1. The summed E-state index contributed by atoms with van der Waals surface area (Å²) in [4.78, 5) is 0. The van der Waals surface area contributed by atoms with Crippen LogP contribution in [0.25, 0.3) is 0 Å². The van der Waals surface area contributed by atoms with E-state index in [9.17, 15) is 9.50 Å².